The second kappa shape index (κ2) is 9.24. The van der Waals surface area contributed by atoms with Gasteiger partial charge in [-0.15, -0.1) is 0 Å². The first-order chi connectivity index (χ1) is 12.5. The van der Waals surface area contributed by atoms with Gasteiger partial charge in [-0.25, -0.2) is 0 Å². The highest BCUT2D eigenvalue weighted by atomic mass is 35.5. The molecular formula is C18H24Cl2N2O4. The molecule has 0 aliphatic carbocycles. The molecule has 2 saturated heterocycles. The third kappa shape index (κ3) is 5.24. The number of ether oxygens (including phenoxy) is 2. The number of amides is 1. The second-order valence-corrected chi connectivity index (χ2v) is 7.51. The van der Waals surface area contributed by atoms with E-state index in [4.69, 9.17) is 32.7 Å². The molecule has 6 nitrogen and oxygen atoms in total. The molecule has 0 saturated carbocycles. The summed E-state index contributed by atoms with van der Waals surface area (Å²) in [6.45, 7) is 4.08. The maximum Gasteiger partial charge on any atom is 0.251 e. The van der Waals surface area contributed by atoms with E-state index in [1.165, 1.54) is 0 Å². The number of benzene rings is 1. The van der Waals surface area contributed by atoms with Crippen molar-refractivity contribution in [3.8, 4) is 5.75 Å². The Balaban J connectivity index is 1.39. The zero-order valence-corrected chi connectivity index (χ0v) is 16.1. The fraction of sp³-hybridized carbons (Fsp3) is 0.611. The second-order valence-electron chi connectivity index (χ2n) is 6.67. The molecule has 1 N–H and O–H groups in total. The van der Waals surface area contributed by atoms with Gasteiger partial charge >= 0.3 is 0 Å². The van der Waals surface area contributed by atoms with E-state index in [0.717, 1.165) is 25.9 Å². The first-order valence-corrected chi connectivity index (χ1v) is 9.67. The largest absolute Gasteiger partial charge is 0.489 e. The van der Waals surface area contributed by atoms with Crippen LogP contribution in [0, 0.1) is 0 Å². The number of carbonyl (C=O) groups is 1. The number of hydrogen-bond acceptors (Lipinski definition) is 5. The van der Waals surface area contributed by atoms with Crippen LogP contribution in [0.2, 0.25) is 10.0 Å². The standard InChI is InChI=1S/C18H24Cl2N2O4/c19-13-3-4-15(20)17(10-13)26-12-14(23)11-21-5-7-22(8-6-21)18(24)16-2-1-9-25-16/h3-4,10,14,16,23H,1-2,5-9,11-12H2. The SMILES string of the molecule is O=C(C1CCCO1)N1CCN(CC(O)COc2cc(Cl)ccc2Cl)CC1. The Hall–Kier alpha value is -1.05. The highest BCUT2D eigenvalue weighted by Crippen LogP contribution is 2.27. The molecule has 2 fully saturated rings. The van der Waals surface area contributed by atoms with Gasteiger partial charge in [0.15, 0.2) is 0 Å². The van der Waals surface area contributed by atoms with Crippen LogP contribution >= 0.6 is 23.2 Å². The van der Waals surface area contributed by atoms with E-state index in [1.807, 2.05) is 4.90 Å². The summed E-state index contributed by atoms with van der Waals surface area (Å²) in [6, 6.07) is 4.98. The smallest absolute Gasteiger partial charge is 0.251 e. The van der Waals surface area contributed by atoms with Gasteiger partial charge in [0.25, 0.3) is 5.91 Å². The van der Waals surface area contributed by atoms with Crippen molar-refractivity contribution >= 4 is 29.1 Å². The number of piperazine rings is 1. The summed E-state index contributed by atoms with van der Waals surface area (Å²) in [5.74, 6) is 0.562. The third-order valence-electron chi connectivity index (χ3n) is 4.68. The lowest BCUT2D eigenvalue weighted by atomic mass is 10.2. The molecule has 2 aliphatic rings. The summed E-state index contributed by atoms with van der Waals surface area (Å²) < 4.78 is 11.0. The summed E-state index contributed by atoms with van der Waals surface area (Å²) in [7, 11) is 0. The van der Waals surface area contributed by atoms with Crippen LogP contribution < -0.4 is 4.74 Å². The number of carbonyl (C=O) groups excluding carboxylic acids is 1. The number of aliphatic hydroxyl groups is 1. The van der Waals surface area contributed by atoms with Gasteiger partial charge in [0, 0.05) is 50.4 Å². The molecule has 1 amide bonds. The van der Waals surface area contributed by atoms with Gasteiger partial charge in [-0.3, -0.25) is 9.69 Å². The van der Waals surface area contributed by atoms with Crippen molar-refractivity contribution in [2.45, 2.75) is 25.0 Å². The van der Waals surface area contributed by atoms with Gasteiger partial charge in [0.2, 0.25) is 0 Å². The summed E-state index contributed by atoms with van der Waals surface area (Å²) in [6.07, 6.45) is 0.869. The molecule has 0 radical (unpaired) electrons. The maximum atomic E-state index is 12.3. The fourth-order valence-corrected chi connectivity index (χ4v) is 3.59. The number of rotatable bonds is 6. The predicted octanol–water partition coefficient (Wildman–Crippen LogP) is 2.06. The van der Waals surface area contributed by atoms with Gasteiger partial charge in [0.05, 0.1) is 5.02 Å². The van der Waals surface area contributed by atoms with E-state index in [2.05, 4.69) is 4.90 Å². The van der Waals surface area contributed by atoms with Crippen LogP contribution in [0.25, 0.3) is 0 Å². The number of halogens is 2. The molecule has 144 valence electrons. The Morgan fingerprint density at radius 2 is 2.08 bits per heavy atom. The molecule has 0 spiro atoms. The first kappa shape index (κ1) is 19.7. The van der Waals surface area contributed by atoms with Gasteiger partial charge in [-0.1, -0.05) is 23.2 Å². The molecular weight excluding hydrogens is 379 g/mol. The maximum absolute atomic E-state index is 12.3. The van der Waals surface area contributed by atoms with Crippen molar-refractivity contribution in [3.63, 3.8) is 0 Å². The zero-order chi connectivity index (χ0) is 18.5. The predicted molar refractivity (Wildman–Crippen MR) is 100.0 cm³/mol. The van der Waals surface area contributed by atoms with Crippen LogP contribution in [-0.4, -0.2) is 79.0 Å². The van der Waals surface area contributed by atoms with Gasteiger partial charge in [-0.2, -0.15) is 0 Å². The quantitative estimate of drug-likeness (QED) is 0.788. The minimum atomic E-state index is -0.648. The highest BCUT2D eigenvalue weighted by Gasteiger charge is 2.30. The molecule has 2 heterocycles. The number of nitrogens with zero attached hydrogens (tertiary/aromatic N) is 2. The van der Waals surface area contributed by atoms with E-state index < -0.39 is 6.10 Å². The van der Waals surface area contributed by atoms with Crippen molar-refractivity contribution in [2.75, 3.05) is 45.9 Å². The van der Waals surface area contributed by atoms with E-state index in [1.54, 1.807) is 18.2 Å². The minimum absolute atomic E-state index is 0.0987. The lowest BCUT2D eigenvalue weighted by Gasteiger charge is -2.36. The number of hydrogen-bond donors (Lipinski definition) is 1. The molecule has 3 rings (SSSR count). The molecule has 1 aromatic rings. The van der Waals surface area contributed by atoms with Crippen LogP contribution in [0.15, 0.2) is 18.2 Å². The van der Waals surface area contributed by atoms with Crippen LogP contribution in [0.3, 0.4) is 0 Å². The van der Waals surface area contributed by atoms with Crippen LogP contribution in [0.1, 0.15) is 12.8 Å². The average Bonchev–Trinajstić information content (AvgIpc) is 3.17. The van der Waals surface area contributed by atoms with Crippen molar-refractivity contribution in [1.29, 1.82) is 0 Å². The van der Waals surface area contributed by atoms with Crippen LogP contribution in [0.4, 0.5) is 0 Å². The van der Waals surface area contributed by atoms with Crippen LogP contribution in [-0.2, 0) is 9.53 Å². The van der Waals surface area contributed by atoms with E-state index in [-0.39, 0.29) is 18.6 Å². The molecule has 1 aromatic carbocycles. The zero-order valence-electron chi connectivity index (χ0n) is 14.6. The lowest BCUT2D eigenvalue weighted by Crippen LogP contribution is -2.53. The molecule has 0 aromatic heterocycles. The van der Waals surface area contributed by atoms with Crippen molar-refractivity contribution in [3.05, 3.63) is 28.2 Å². The third-order valence-corrected chi connectivity index (χ3v) is 5.23. The summed E-state index contributed by atoms with van der Waals surface area (Å²) >= 11 is 12.0. The topological polar surface area (TPSA) is 62.2 Å². The van der Waals surface area contributed by atoms with Gasteiger partial charge in [0.1, 0.15) is 24.6 Å². The molecule has 2 atom stereocenters. The Bertz CT molecular complexity index is 617. The van der Waals surface area contributed by atoms with E-state index in [0.29, 0.717) is 42.0 Å². The molecule has 26 heavy (non-hydrogen) atoms. The van der Waals surface area contributed by atoms with Gasteiger partial charge in [-0.05, 0) is 25.0 Å². The Labute approximate surface area is 163 Å². The Morgan fingerprint density at radius 1 is 1.31 bits per heavy atom. The monoisotopic (exact) mass is 402 g/mol. The number of β-amino-alcohol motifs (C(OH)–C–C–N with tert-alkyl or cyclic N) is 1. The fourth-order valence-electron chi connectivity index (χ4n) is 3.25. The molecule has 2 unspecified atom stereocenters. The minimum Gasteiger partial charge on any atom is -0.489 e. The van der Waals surface area contributed by atoms with E-state index >= 15 is 0 Å². The highest BCUT2D eigenvalue weighted by molar-refractivity contribution is 6.34. The summed E-state index contributed by atoms with van der Waals surface area (Å²) in [5.41, 5.74) is 0. The van der Waals surface area contributed by atoms with Gasteiger partial charge < -0.3 is 19.5 Å². The molecule has 0 bridgehead atoms. The molecule has 2 aliphatic heterocycles. The average molecular weight is 403 g/mol. The molecule has 8 heteroatoms. The Kier molecular flexibility index (Phi) is 7.00. The number of aliphatic hydroxyl groups excluding tert-OH is 1. The first-order valence-electron chi connectivity index (χ1n) is 8.91. The van der Waals surface area contributed by atoms with Crippen molar-refractivity contribution < 1.29 is 19.4 Å². The Morgan fingerprint density at radius 3 is 2.77 bits per heavy atom. The van der Waals surface area contributed by atoms with E-state index in [9.17, 15) is 9.90 Å². The summed E-state index contributed by atoms with van der Waals surface area (Å²) in [5, 5.41) is 11.2. The van der Waals surface area contributed by atoms with Crippen molar-refractivity contribution in [1.82, 2.24) is 9.80 Å². The lowest BCUT2D eigenvalue weighted by molar-refractivity contribution is -0.142. The summed E-state index contributed by atoms with van der Waals surface area (Å²) in [4.78, 5) is 16.3. The normalized spacial score (nSPS) is 22.4. The van der Waals surface area contributed by atoms with Crippen molar-refractivity contribution in [2.24, 2.45) is 0 Å². The van der Waals surface area contributed by atoms with Crippen LogP contribution in [0.5, 0.6) is 5.75 Å².